The Hall–Kier alpha value is -3.02. The Morgan fingerprint density at radius 1 is 1.04 bits per heavy atom. The van der Waals surface area contributed by atoms with Crippen LogP contribution in [-0.2, 0) is 14.3 Å². The van der Waals surface area contributed by atoms with Gasteiger partial charge in [-0.15, -0.1) is 0 Å². The summed E-state index contributed by atoms with van der Waals surface area (Å²) in [5.74, 6) is -1.85. The molecule has 0 aromatic heterocycles. The van der Waals surface area contributed by atoms with Crippen LogP contribution in [0, 0.1) is 19.7 Å². The molecule has 0 fully saturated rings. The van der Waals surface area contributed by atoms with Crippen molar-refractivity contribution < 1.29 is 23.5 Å². The number of benzene rings is 2. The van der Waals surface area contributed by atoms with E-state index in [-0.39, 0.29) is 24.3 Å². The Morgan fingerprint density at radius 2 is 1.81 bits per heavy atom. The Labute approximate surface area is 151 Å². The van der Waals surface area contributed by atoms with Gasteiger partial charge in [-0.3, -0.25) is 14.4 Å². The predicted octanol–water partition coefficient (Wildman–Crippen LogP) is 3.59. The predicted molar refractivity (Wildman–Crippen MR) is 95.5 cm³/mol. The number of halogens is 1. The number of esters is 1. The van der Waals surface area contributed by atoms with Crippen LogP contribution in [0.2, 0.25) is 0 Å². The minimum absolute atomic E-state index is 0.00857. The first-order valence-electron chi connectivity index (χ1n) is 8.16. The van der Waals surface area contributed by atoms with Crippen LogP contribution < -0.4 is 5.32 Å². The lowest BCUT2D eigenvalue weighted by Crippen LogP contribution is -2.21. The number of hydrogen-bond acceptors (Lipinski definition) is 4. The van der Waals surface area contributed by atoms with Gasteiger partial charge in [0.15, 0.2) is 12.4 Å². The number of carbonyl (C=O) groups excluding carboxylic acids is 3. The van der Waals surface area contributed by atoms with Gasteiger partial charge in [0.2, 0.25) is 0 Å². The topological polar surface area (TPSA) is 72.5 Å². The van der Waals surface area contributed by atoms with Gasteiger partial charge >= 0.3 is 5.97 Å². The fraction of sp³-hybridized carbons (Fsp3) is 0.250. The molecule has 0 aliphatic heterocycles. The van der Waals surface area contributed by atoms with Crippen molar-refractivity contribution in [1.82, 2.24) is 0 Å². The summed E-state index contributed by atoms with van der Waals surface area (Å²) in [6.45, 7) is 3.23. The number of Topliss-reactive ketones (excluding diaryl/α,β-unsaturated/α-hetero) is 1. The third-order valence-corrected chi connectivity index (χ3v) is 3.72. The number of anilines is 1. The van der Waals surface area contributed by atoms with Gasteiger partial charge in [-0.25, -0.2) is 4.39 Å². The average molecular weight is 357 g/mol. The summed E-state index contributed by atoms with van der Waals surface area (Å²) in [6.07, 6.45) is -0.103. The van der Waals surface area contributed by atoms with Crippen molar-refractivity contribution in [2.24, 2.45) is 0 Å². The van der Waals surface area contributed by atoms with Crippen molar-refractivity contribution in [3.05, 3.63) is 65.0 Å². The van der Waals surface area contributed by atoms with Crippen molar-refractivity contribution in [3.8, 4) is 0 Å². The van der Waals surface area contributed by atoms with E-state index >= 15 is 0 Å². The maximum Gasteiger partial charge on any atom is 0.306 e. The lowest BCUT2D eigenvalue weighted by atomic mass is 9.99. The van der Waals surface area contributed by atoms with E-state index in [0.717, 1.165) is 17.2 Å². The van der Waals surface area contributed by atoms with Crippen LogP contribution in [-0.4, -0.2) is 24.3 Å². The molecule has 136 valence electrons. The van der Waals surface area contributed by atoms with Gasteiger partial charge in [0.05, 0.1) is 6.42 Å². The molecule has 2 aromatic rings. The number of ketones is 1. The van der Waals surface area contributed by atoms with E-state index < -0.39 is 24.3 Å². The highest BCUT2D eigenvalue weighted by molar-refractivity contribution is 5.99. The van der Waals surface area contributed by atoms with E-state index in [4.69, 9.17) is 4.74 Å². The highest BCUT2D eigenvalue weighted by Gasteiger charge is 2.14. The zero-order chi connectivity index (χ0) is 19.1. The molecule has 1 N–H and O–H groups in total. The van der Waals surface area contributed by atoms with E-state index in [1.54, 1.807) is 6.07 Å². The van der Waals surface area contributed by atoms with Crippen LogP contribution in [0.5, 0.6) is 0 Å². The Morgan fingerprint density at radius 3 is 2.54 bits per heavy atom. The second-order valence-corrected chi connectivity index (χ2v) is 5.96. The van der Waals surface area contributed by atoms with Crippen LogP contribution in [0.4, 0.5) is 10.1 Å². The monoisotopic (exact) mass is 357 g/mol. The molecule has 0 bridgehead atoms. The molecule has 0 radical (unpaired) electrons. The Kier molecular flexibility index (Phi) is 6.60. The van der Waals surface area contributed by atoms with E-state index in [1.807, 2.05) is 26.0 Å². The number of carbonyl (C=O) groups is 3. The highest BCUT2D eigenvalue weighted by Crippen LogP contribution is 2.14. The molecule has 2 aromatic carbocycles. The average Bonchev–Trinajstić information content (AvgIpc) is 2.60. The summed E-state index contributed by atoms with van der Waals surface area (Å²) >= 11 is 0. The van der Waals surface area contributed by atoms with Gasteiger partial charge < -0.3 is 10.1 Å². The lowest BCUT2D eigenvalue weighted by molar-refractivity contribution is -0.147. The Bertz CT molecular complexity index is 832. The lowest BCUT2D eigenvalue weighted by Gasteiger charge is -2.08. The summed E-state index contributed by atoms with van der Waals surface area (Å²) in [4.78, 5) is 35.6. The van der Waals surface area contributed by atoms with E-state index in [1.165, 1.54) is 18.2 Å². The molecule has 1 amide bonds. The molecule has 0 spiro atoms. The summed E-state index contributed by atoms with van der Waals surface area (Å²) in [5, 5.41) is 2.42. The van der Waals surface area contributed by atoms with Gasteiger partial charge in [0.25, 0.3) is 5.91 Å². The number of aryl methyl sites for hydroxylation is 2. The van der Waals surface area contributed by atoms with E-state index in [2.05, 4.69) is 5.32 Å². The molecule has 5 nitrogen and oxygen atoms in total. The zero-order valence-electron chi connectivity index (χ0n) is 14.7. The maximum absolute atomic E-state index is 13.0. The molecule has 0 heterocycles. The highest BCUT2D eigenvalue weighted by atomic mass is 19.1. The normalized spacial score (nSPS) is 10.3. The van der Waals surface area contributed by atoms with Crippen LogP contribution in [0.25, 0.3) is 0 Å². The van der Waals surface area contributed by atoms with E-state index in [9.17, 15) is 18.8 Å². The van der Waals surface area contributed by atoms with Gasteiger partial charge in [-0.2, -0.15) is 0 Å². The summed E-state index contributed by atoms with van der Waals surface area (Å²) < 4.78 is 17.9. The fourth-order valence-corrected chi connectivity index (χ4v) is 2.37. The van der Waals surface area contributed by atoms with Crippen molar-refractivity contribution in [2.75, 3.05) is 11.9 Å². The third kappa shape index (κ3) is 5.81. The number of amides is 1. The molecular formula is C20H20FNO4. The van der Waals surface area contributed by atoms with Crippen molar-refractivity contribution in [3.63, 3.8) is 0 Å². The molecule has 0 unspecified atom stereocenters. The standard InChI is InChI=1S/C20H20FNO4/c1-13-6-7-14(2)17(10-13)18(23)8-9-20(25)26-12-19(24)22-16-5-3-4-15(21)11-16/h3-7,10-11H,8-9,12H2,1-2H3,(H,22,24). The van der Waals surface area contributed by atoms with Gasteiger partial charge in [-0.1, -0.05) is 23.8 Å². The molecular weight excluding hydrogens is 337 g/mol. The minimum atomic E-state index is -0.641. The van der Waals surface area contributed by atoms with Gasteiger partial charge in [-0.05, 0) is 43.7 Å². The summed E-state index contributed by atoms with van der Waals surface area (Å²) in [7, 11) is 0. The van der Waals surface area contributed by atoms with Crippen molar-refractivity contribution >= 4 is 23.3 Å². The molecule has 26 heavy (non-hydrogen) atoms. The van der Waals surface area contributed by atoms with Crippen molar-refractivity contribution in [1.29, 1.82) is 0 Å². The van der Waals surface area contributed by atoms with Crippen LogP contribution in [0.15, 0.2) is 42.5 Å². The summed E-state index contributed by atoms with van der Waals surface area (Å²) in [6, 6.07) is 10.9. The molecule has 6 heteroatoms. The first-order valence-corrected chi connectivity index (χ1v) is 8.16. The van der Waals surface area contributed by atoms with Crippen LogP contribution in [0.3, 0.4) is 0 Å². The number of rotatable bonds is 7. The van der Waals surface area contributed by atoms with E-state index in [0.29, 0.717) is 5.56 Å². The van der Waals surface area contributed by atoms with Crippen LogP contribution in [0.1, 0.15) is 34.3 Å². The first kappa shape index (κ1) is 19.3. The zero-order valence-corrected chi connectivity index (χ0v) is 14.7. The molecule has 0 atom stereocenters. The second-order valence-electron chi connectivity index (χ2n) is 5.96. The first-order chi connectivity index (χ1) is 12.3. The molecule has 0 saturated carbocycles. The number of ether oxygens (including phenoxy) is 1. The maximum atomic E-state index is 13.0. The fourth-order valence-electron chi connectivity index (χ4n) is 2.37. The largest absolute Gasteiger partial charge is 0.456 e. The molecule has 2 rings (SSSR count). The molecule has 0 aliphatic carbocycles. The minimum Gasteiger partial charge on any atom is -0.456 e. The Balaban J connectivity index is 1.77. The third-order valence-electron chi connectivity index (χ3n) is 3.72. The number of hydrogen-bond donors (Lipinski definition) is 1. The van der Waals surface area contributed by atoms with Gasteiger partial charge in [0.1, 0.15) is 5.82 Å². The second kappa shape index (κ2) is 8.89. The number of nitrogens with one attached hydrogen (secondary N) is 1. The summed E-state index contributed by atoms with van der Waals surface area (Å²) in [5.41, 5.74) is 2.68. The quantitative estimate of drug-likeness (QED) is 0.607. The molecule has 0 aliphatic rings. The SMILES string of the molecule is Cc1ccc(C)c(C(=O)CCC(=O)OCC(=O)Nc2cccc(F)c2)c1. The smallest absolute Gasteiger partial charge is 0.306 e. The van der Waals surface area contributed by atoms with Gasteiger partial charge in [0, 0.05) is 17.7 Å². The van der Waals surface area contributed by atoms with Crippen molar-refractivity contribution in [2.45, 2.75) is 26.7 Å². The van der Waals surface area contributed by atoms with Crippen LogP contribution >= 0.6 is 0 Å². The molecule has 0 saturated heterocycles.